The standard InChI is InChI=1S/C23H43N3Si2/c1-17(23(2,3)27)21-15-19(25-12-10-20(16-25)26(4,5)6)14-18(22(21)24)11-13-28(7,8)9/h14-15,17,20H,10-13,16,24H2,1-9H3/q+1. The van der Waals surface area contributed by atoms with Gasteiger partial charge in [-0.3, -0.25) is 0 Å². The molecule has 1 fully saturated rings. The van der Waals surface area contributed by atoms with E-state index in [1.807, 2.05) is 0 Å². The van der Waals surface area contributed by atoms with E-state index in [1.54, 1.807) is 0 Å². The lowest BCUT2D eigenvalue weighted by molar-refractivity contribution is -0.893. The van der Waals surface area contributed by atoms with Gasteiger partial charge in [0.15, 0.2) is 0 Å². The Hall–Kier alpha value is -0.786. The molecule has 0 spiro atoms. The van der Waals surface area contributed by atoms with Crippen LogP contribution in [0.1, 0.15) is 44.2 Å². The number of anilines is 2. The van der Waals surface area contributed by atoms with E-state index in [4.69, 9.17) is 5.73 Å². The summed E-state index contributed by atoms with van der Waals surface area (Å²) < 4.78 is 1.03. The monoisotopic (exact) mass is 417 g/mol. The number of hydrogen-bond acceptors (Lipinski definition) is 2. The molecule has 2 unspecified atom stereocenters. The molecule has 0 saturated carbocycles. The first-order valence-corrected chi connectivity index (χ1v) is 15.0. The fourth-order valence-electron chi connectivity index (χ4n) is 3.98. The number of nitrogens with two attached hydrogens (primary N) is 1. The Balaban J connectivity index is 2.42. The van der Waals surface area contributed by atoms with Gasteiger partial charge < -0.3 is 15.1 Å². The Labute approximate surface area is 178 Å². The molecular weight excluding hydrogens is 374 g/mol. The van der Waals surface area contributed by atoms with Gasteiger partial charge >= 0.3 is 0 Å². The van der Waals surface area contributed by atoms with E-state index in [-0.39, 0.29) is 5.04 Å². The van der Waals surface area contributed by atoms with Gasteiger partial charge in [-0.25, -0.2) is 0 Å². The van der Waals surface area contributed by atoms with E-state index in [1.165, 1.54) is 29.3 Å². The molecule has 0 bridgehead atoms. The predicted molar refractivity (Wildman–Crippen MR) is 130 cm³/mol. The summed E-state index contributed by atoms with van der Waals surface area (Å²) in [6, 6.07) is 6.74. The normalized spacial score (nSPS) is 19.9. The van der Waals surface area contributed by atoms with E-state index < -0.39 is 8.07 Å². The van der Waals surface area contributed by atoms with E-state index in [0.717, 1.165) is 29.7 Å². The second-order valence-electron chi connectivity index (χ2n) is 11.6. The lowest BCUT2D eigenvalue weighted by Crippen LogP contribution is -2.46. The van der Waals surface area contributed by atoms with E-state index >= 15 is 0 Å². The van der Waals surface area contributed by atoms with Crippen LogP contribution in [0.4, 0.5) is 11.4 Å². The van der Waals surface area contributed by atoms with Crippen molar-refractivity contribution in [1.82, 2.24) is 0 Å². The Bertz CT molecular complexity index is 681. The molecule has 1 saturated heterocycles. The highest BCUT2D eigenvalue weighted by Gasteiger charge is 2.33. The van der Waals surface area contributed by atoms with Crippen LogP contribution in [0.3, 0.4) is 0 Å². The Morgan fingerprint density at radius 1 is 1.25 bits per heavy atom. The van der Waals surface area contributed by atoms with Crippen molar-refractivity contribution in [2.45, 2.75) is 76.3 Å². The number of hydrogen-bond donors (Lipinski definition) is 1. The highest BCUT2D eigenvalue weighted by Crippen LogP contribution is 2.43. The molecule has 1 aromatic rings. The van der Waals surface area contributed by atoms with Crippen LogP contribution in [-0.2, 0) is 6.42 Å². The van der Waals surface area contributed by atoms with Gasteiger partial charge in [0.05, 0.1) is 27.7 Å². The van der Waals surface area contributed by atoms with Gasteiger partial charge in [-0.15, -0.1) is 0 Å². The summed E-state index contributed by atoms with van der Waals surface area (Å²) in [4.78, 5) is 2.59. The first-order valence-electron chi connectivity index (χ1n) is 10.8. The number of benzene rings is 1. The molecule has 3 nitrogen and oxygen atoms in total. The summed E-state index contributed by atoms with van der Waals surface area (Å²) in [6.45, 7) is 16.4. The SMILES string of the molecule is CC(c1cc(N2CCC([N+](C)(C)C)C2)cc(CC[Si](C)(C)C)c1N)C(C)(C)[Si]. The second-order valence-corrected chi connectivity index (χ2v) is 18.5. The molecule has 1 heterocycles. The van der Waals surface area contributed by atoms with Crippen LogP contribution in [0.25, 0.3) is 0 Å². The molecule has 2 rings (SSSR count). The molecule has 2 N–H and O–H groups in total. The fraction of sp³-hybridized carbons (Fsp3) is 0.739. The highest BCUT2D eigenvalue weighted by molar-refractivity contribution is 6.76. The molecular formula is C23H43N3Si2+. The minimum absolute atomic E-state index is 0.0125. The summed E-state index contributed by atoms with van der Waals surface area (Å²) in [5.74, 6) is 0.353. The first kappa shape index (κ1) is 23.5. The Kier molecular flexibility index (Phi) is 6.84. The van der Waals surface area contributed by atoms with Crippen LogP contribution < -0.4 is 10.6 Å². The van der Waals surface area contributed by atoms with Gasteiger partial charge in [-0.05, 0) is 40.6 Å². The van der Waals surface area contributed by atoms with Crippen molar-refractivity contribution in [3.05, 3.63) is 23.3 Å². The Morgan fingerprint density at radius 3 is 2.32 bits per heavy atom. The van der Waals surface area contributed by atoms with Gasteiger partial charge in [0, 0.05) is 42.7 Å². The molecule has 2 atom stereocenters. The first-order chi connectivity index (χ1) is 12.6. The number of likely N-dealkylation sites (N-methyl/N-ethyl adjacent to an activating group) is 1. The van der Waals surface area contributed by atoms with Crippen molar-refractivity contribution >= 4 is 29.7 Å². The minimum atomic E-state index is -1.11. The van der Waals surface area contributed by atoms with Gasteiger partial charge in [0.2, 0.25) is 0 Å². The fourth-order valence-corrected chi connectivity index (χ4v) is 5.15. The van der Waals surface area contributed by atoms with Gasteiger partial charge in [-0.1, -0.05) is 46.5 Å². The molecule has 157 valence electrons. The number of quaternary nitrogens is 1. The van der Waals surface area contributed by atoms with Gasteiger partial charge in [-0.2, -0.15) is 0 Å². The van der Waals surface area contributed by atoms with E-state index in [0.29, 0.717) is 12.0 Å². The lowest BCUT2D eigenvalue weighted by Gasteiger charge is -2.33. The van der Waals surface area contributed by atoms with Crippen molar-refractivity contribution in [1.29, 1.82) is 0 Å². The van der Waals surface area contributed by atoms with Crippen LogP contribution in [0, 0.1) is 0 Å². The van der Waals surface area contributed by atoms with Crippen LogP contribution in [0.15, 0.2) is 12.1 Å². The lowest BCUT2D eigenvalue weighted by atomic mass is 9.86. The van der Waals surface area contributed by atoms with E-state index in [9.17, 15) is 0 Å². The maximum atomic E-state index is 6.75. The maximum Gasteiger partial charge on any atom is 0.108 e. The molecule has 3 radical (unpaired) electrons. The van der Waals surface area contributed by atoms with Gasteiger partial charge in [0.25, 0.3) is 0 Å². The van der Waals surface area contributed by atoms with Crippen LogP contribution in [0.5, 0.6) is 0 Å². The summed E-state index contributed by atoms with van der Waals surface area (Å²) in [5.41, 5.74) is 11.8. The third-order valence-electron chi connectivity index (χ3n) is 6.60. The summed E-state index contributed by atoms with van der Waals surface area (Å²) in [5, 5.41) is 0.0125. The molecule has 1 aliphatic rings. The number of rotatable bonds is 7. The highest BCUT2D eigenvalue weighted by atomic mass is 28.3. The summed E-state index contributed by atoms with van der Waals surface area (Å²) >= 11 is 0. The molecule has 0 aromatic heterocycles. The smallest absolute Gasteiger partial charge is 0.108 e. The third-order valence-corrected chi connectivity index (χ3v) is 8.78. The average molecular weight is 418 g/mol. The van der Waals surface area contributed by atoms with Crippen molar-refractivity contribution in [2.75, 3.05) is 44.9 Å². The molecule has 1 aromatic carbocycles. The number of aryl methyl sites for hydroxylation is 1. The van der Waals surface area contributed by atoms with Crippen LogP contribution >= 0.6 is 0 Å². The summed E-state index contributed by atoms with van der Waals surface area (Å²) in [7, 11) is 9.79. The van der Waals surface area contributed by atoms with Gasteiger partial charge in [0.1, 0.15) is 6.04 Å². The minimum Gasteiger partial charge on any atom is -0.398 e. The maximum absolute atomic E-state index is 6.75. The van der Waals surface area contributed by atoms with Crippen molar-refractivity contribution in [3.63, 3.8) is 0 Å². The molecule has 1 aliphatic heterocycles. The molecule has 0 amide bonds. The number of nitrogen functional groups attached to an aromatic ring is 1. The van der Waals surface area contributed by atoms with Crippen molar-refractivity contribution in [2.24, 2.45) is 0 Å². The predicted octanol–water partition coefficient (Wildman–Crippen LogP) is 4.90. The van der Waals surface area contributed by atoms with E-state index in [2.05, 4.69) is 88.8 Å². The van der Waals surface area contributed by atoms with Crippen LogP contribution in [-0.4, -0.2) is 63.1 Å². The zero-order chi connectivity index (χ0) is 21.5. The largest absolute Gasteiger partial charge is 0.398 e. The number of nitrogens with zero attached hydrogens (tertiary/aromatic N) is 2. The molecule has 0 aliphatic carbocycles. The second kappa shape index (κ2) is 8.15. The third kappa shape index (κ3) is 5.86. The molecule has 28 heavy (non-hydrogen) atoms. The topological polar surface area (TPSA) is 29.3 Å². The van der Waals surface area contributed by atoms with Crippen LogP contribution in [0.2, 0.25) is 30.7 Å². The quantitative estimate of drug-likeness (QED) is 0.388. The molecule has 5 heteroatoms. The average Bonchev–Trinajstić information content (AvgIpc) is 3.01. The zero-order valence-electron chi connectivity index (χ0n) is 19.8. The Morgan fingerprint density at radius 2 is 1.86 bits per heavy atom. The zero-order valence-corrected chi connectivity index (χ0v) is 21.8. The van der Waals surface area contributed by atoms with Crippen molar-refractivity contribution in [3.8, 4) is 0 Å². The summed E-state index contributed by atoms with van der Waals surface area (Å²) in [6.07, 6.45) is 2.36. The van der Waals surface area contributed by atoms with Crippen molar-refractivity contribution < 1.29 is 4.48 Å².